The lowest BCUT2D eigenvalue weighted by Gasteiger charge is -2.06. The van der Waals surface area contributed by atoms with Crippen LogP contribution < -0.4 is 10.5 Å². The zero-order valence-electron chi connectivity index (χ0n) is 9.47. The number of nitrogen functional groups attached to an aromatic ring is 1. The summed E-state index contributed by atoms with van der Waals surface area (Å²) in [5, 5.41) is 0. The molecule has 2 N–H and O–H groups in total. The summed E-state index contributed by atoms with van der Waals surface area (Å²) in [6, 6.07) is 15.4. The standard InChI is InChI=1S/C14H15NOS/c15-12-3-7-14(8-4-12)16-13-5-1-11(2-6-13)9-10-17/h1-8,17H,9-10,15H2. The summed E-state index contributed by atoms with van der Waals surface area (Å²) in [7, 11) is 0. The minimum atomic E-state index is 0.737. The Bertz CT molecular complexity index is 465. The second kappa shape index (κ2) is 5.64. The molecule has 0 heterocycles. The average molecular weight is 245 g/mol. The molecule has 0 bridgehead atoms. The molecule has 0 aliphatic rings. The van der Waals surface area contributed by atoms with E-state index in [-0.39, 0.29) is 0 Å². The minimum Gasteiger partial charge on any atom is -0.457 e. The Balaban J connectivity index is 2.05. The largest absolute Gasteiger partial charge is 0.457 e. The van der Waals surface area contributed by atoms with Crippen molar-refractivity contribution < 1.29 is 4.74 Å². The van der Waals surface area contributed by atoms with Gasteiger partial charge in [-0.3, -0.25) is 0 Å². The van der Waals surface area contributed by atoms with Gasteiger partial charge in [0.05, 0.1) is 0 Å². The highest BCUT2D eigenvalue weighted by atomic mass is 32.1. The maximum absolute atomic E-state index is 5.69. The van der Waals surface area contributed by atoms with Crippen LogP contribution in [0.1, 0.15) is 5.56 Å². The van der Waals surface area contributed by atoms with Crippen LogP contribution in [0.25, 0.3) is 0 Å². The second-order valence-corrected chi connectivity index (χ2v) is 4.24. The van der Waals surface area contributed by atoms with Crippen LogP contribution >= 0.6 is 12.6 Å². The van der Waals surface area contributed by atoms with Crippen LogP contribution in [0.4, 0.5) is 5.69 Å². The number of rotatable bonds is 4. The van der Waals surface area contributed by atoms with Crippen LogP contribution in [0.15, 0.2) is 48.5 Å². The Hall–Kier alpha value is -1.61. The van der Waals surface area contributed by atoms with Crippen molar-refractivity contribution in [1.29, 1.82) is 0 Å². The topological polar surface area (TPSA) is 35.2 Å². The van der Waals surface area contributed by atoms with Crippen molar-refractivity contribution in [2.45, 2.75) is 6.42 Å². The Morgan fingerprint density at radius 1 is 0.882 bits per heavy atom. The van der Waals surface area contributed by atoms with Crippen molar-refractivity contribution in [3.05, 3.63) is 54.1 Å². The van der Waals surface area contributed by atoms with Gasteiger partial charge in [-0.1, -0.05) is 12.1 Å². The number of aryl methyl sites for hydroxylation is 1. The van der Waals surface area contributed by atoms with Crippen molar-refractivity contribution in [3.63, 3.8) is 0 Å². The van der Waals surface area contributed by atoms with Gasteiger partial charge in [0.1, 0.15) is 11.5 Å². The molecule has 2 aromatic carbocycles. The molecule has 0 aromatic heterocycles. The van der Waals surface area contributed by atoms with Crippen LogP contribution in [0.2, 0.25) is 0 Å². The number of anilines is 1. The number of hydrogen-bond acceptors (Lipinski definition) is 3. The van der Waals surface area contributed by atoms with E-state index in [9.17, 15) is 0 Å². The quantitative estimate of drug-likeness (QED) is 0.638. The molecule has 2 rings (SSSR count). The normalized spacial score (nSPS) is 10.2. The van der Waals surface area contributed by atoms with Crippen LogP contribution in [0, 0.1) is 0 Å². The lowest BCUT2D eigenvalue weighted by molar-refractivity contribution is 0.482. The Morgan fingerprint density at radius 2 is 1.41 bits per heavy atom. The maximum atomic E-state index is 5.69. The number of nitrogens with two attached hydrogens (primary N) is 1. The van der Waals surface area contributed by atoms with E-state index in [0.29, 0.717) is 0 Å². The molecule has 0 fully saturated rings. The molecule has 0 saturated carbocycles. The molecule has 0 aliphatic heterocycles. The molecule has 0 unspecified atom stereocenters. The second-order valence-electron chi connectivity index (χ2n) is 3.79. The van der Waals surface area contributed by atoms with Gasteiger partial charge in [0.25, 0.3) is 0 Å². The van der Waals surface area contributed by atoms with Gasteiger partial charge in [-0.05, 0) is 54.1 Å². The predicted molar refractivity (Wildman–Crippen MR) is 74.9 cm³/mol. The molecule has 0 amide bonds. The number of hydrogen-bond donors (Lipinski definition) is 2. The first-order valence-corrected chi connectivity index (χ1v) is 6.14. The van der Waals surface area contributed by atoms with Gasteiger partial charge in [-0.15, -0.1) is 0 Å². The smallest absolute Gasteiger partial charge is 0.127 e. The van der Waals surface area contributed by atoms with Gasteiger partial charge in [0.15, 0.2) is 0 Å². The first kappa shape index (κ1) is 11.9. The molecule has 3 heteroatoms. The fourth-order valence-corrected chi connectivity index (χ4v) is 1.78. The van der Waals surface area contributed by atoms with Crippen molar-refractivity contribution in [1.82, 2.24) is 0 Å². The predicted octanol–water partition coefficient (Wildman–Crippen LogP) is 3.53. The Morgan fingerprint density at radius 3 is 1.94 bits per heavy atom. The summed E-state index contributed by atoms with van der Waals surface area (Å²) < 4.78 is 5.69. The first-order chi connectivity index (χ1) is 8.28. The van der Waals surface area contributed by atoms with E-state index in [0.717, 1.165) is 29.4 Å². The van der Waals surface area contributed by atoms with E-state index in [1.165, 1.54) is 5.56 Å². The molecule has 0 saturated heterocycles. The van der Waals surface area contributed by atoms with E-state index < -0.39 is 0 Å². The molecular weight excluding hydrogens is 230 g/mol. The third-order valence-corrected chi connectivity index (χ3v) is 2.66. The lowest BCUT2D eigenvalue weighted by Crippen LogP contribution is -1.88. The lowest BCUT2D eigenvalue weighted by atomic mass is 10.2. The summed E-state index contributed by atoms with van der Waals surface area (Å²) in [6.45, 7) is 0. The highest BCUT2D eigenvalue weighted by Crippen LogP contribution is 2.22. The molecule has 88 valence electrons. The summed E-state index contributed by atoms with van der Waals surface area (Å²) in [6.07, 6.45) is 0.977. The maximum Gasteiger partial charge on any atom is 0.127 e. The van der Waals surface area contributed by atoms with E-state index >= 15 is 0 Å². The van der Waals surface area contributed by atoms with Crippen LogP contribution in [-0.4, -0.2) is 5.75 Å². The minimum absolute atomic E-state index is 0.737. The van der Waals surface area contributed by atoms with Crippen molar-refractivity contribution in [3.8, 4) is 11.5 Å². The molecule has 0 spiro atoms. The fraction of sp³-hybridized carbons (Fsp3) is 0.143. The fourth-order valence-electron chi connectivity index (χ4n) is 1.53. The zero-order valence-corrected chi connectivity index (χ0v) is 10.4. The molecule has 0 atom stereocenters. The molecule has 0 aliphatic carbocycles. The van der Waals surface area contributed by atoms with Crippen molar-refractivity contribution >= 4 is 18.3 Å². The molecule has 17 heavy (non-hydrogen) atoms. The third kappa shape index (κ3) is 3.43. The van der Waals surface area contributed by atoms with E-state index in [1.54, 1.807) is 0 Å². The monoisotopic (exact) mass is 245 g/mol. The van der Waals surface area contributed by atoms with Gasteiger partial charge in [0, 0.05) is 5.69 Å². The first-order valence-electron chi connectivity index (χ1n) is 5.51. The van der Waals surface area contributed by atoms with Crippen LogP contribution in [-0.2, 0) is 6.42 Å². The highest BCUT2D eigenvalue weighted by Gasteiger charge is 1.97. The van der Waals surface area contributed by atoms with Gasteiger partial charge in [0.2, 0.25) is 0 Å². The van der Waals surface area contributed by atoms with E-state index in [1.807, 2.05) is 36.4 Å². The van der Waals surface area contributed by atoms with Crippen molar-refractivity contribution in [2.75, 3.05) is 11.5 Å². The Kier molecular flexibility index (Phi) is 3.94. The Labute approximate surface area is 107 Å². The van der Waals surface area contributed by atoms with Gasteiger partial charge < -0.3 is 10.5 Å². The number of thiol groups is 1. The SMILES string of the molecule is Nc1ccc(Oc2ccc(CCS)cc2)cc1. The summed E-state index contributed by atoms with van der Waals surface area (Å²) in [5.41, 5.74) is 7.62. The summed E-state index contributed by atoms with van der Waals surface area (Å²) in [5.74, 6) is 2.48. The van der Waals surface area contributed by atoms with Gasteiger partial charge >= 0.3 is 0 Å². The van der Waals surface area contributed by atoms with Crippen LogP contribution in [0.5, 0.6) is 11.5 Å². The zero-order chi connectivity index (χ0) is 12.1. The highest BCUT2D eigenvalue weighted by molar-refractivity contribution is 7.80. The molecule has 2 aromatic rings. The molecular formula is C14H15NOS. The average Bonchev–Trinajstić information content (AvgIpc) is 2.35. The van der Waals surface area contributed by atoms with Crippen molar-refractivity contribution in [2.24, 2.45) is 0 Å². The third-order valence-electron chi connectivity index (χ3n) is 2.44. The molecule has 2 nitrogen and oxygen atoms in total. The molecule has 0 radical (unpaired) electrons. The summed E-state index contributed by atoms with van der Waals surface area (Å²) in [4.78, 5) is 0. The van der Waals surface area contributed by atoms with E-state index in [4.69, 9.17) is 10.5 Å². The van der Waals surface area contributed by atoms with Gasteiger partial charge in [-0.25, -0.2) is 0 Å². The number of ether oxygens (including phenoxy) is 1. The number of benzene rings is 2. The van der Waals surface area contributed by atoms with E-state index in [2.05, 4.69) is 24.8 Å². The van der Waals surface area contributed by atoms with Gasteiger partial charge in [-0.2, -0.15) is 12.6 Å². The summed E-state index contributed by atoms with van der Waals surface area (Å²) >= 11 is 4.20. The van der Waals surface area contributed by atoms with Crippen LogP contribution in [0.3, 0.4) is 0 Å².